The Kier molecular flexibility index (Phi) is 22.9. The third-order valence-corrected chi connectivity index (χ3v) is 7.78. The van der Waals surface area contributed by atoms with Gasteiger partial charge < -0.3 is 14.1 Å². The maximum atomic E-state index is 12.2. The number of ether oxygens (including phenoxy) is 1. The molecule has 0 aliphatic heterocycles. The number of hydrogen-bond donors (Lipinski definition) is 1. The van der Waals surface area contributed by atoms with Crippen LogP contribution in [0.25, 0.3) is 0 Å². The maximum absolute atomic E-state index is 12.2. The van der Waals surface area contributed by atoms with E-state index < -0.39 is 7.82 Å². The van der Waals surface area contributed by atoms with E-state index in [0.717, 1.165) is 13.0 Å². The molecule has 218 valence electrons. The van der Waals surface area contributed by atoms with E-state index in [1.54, 1.807) is 7.11 Å². The third kappa shape index (κ3) is 24.3. The molecular weight excluding hydrogens is 475 g/mol. The van der Waals surface area contributed by atoms with Crippen LogP contribution in [0.5, 0.6) is 0 Å². The number of phosphoric acid groups is 1. The Hall–Kier alpha value is -0.0100. The van der Waals surface area contributed by atoms with Gasteiger partial charge in [0.15, 0.2) is 0 Å². The summed E-state index contributed by atoms with van der Waals surface area (Å²) in [5, 5.41) is 0. The van der Waals surface area contributed by atoms with Gasteiger partial charge in [-0.25, -0.2) is 4.57 Å². The normalized spacial score (nSPS) is 14.9. The van der Waals surface area contributed by atoms with Crippen molar-refractivity contribution < 1.29 is 27.7 Å². The van der Waals surface area contributed by atoms with Gasteiger partial charge >= 0.3 is 7.82 Å². The molecule has 0 heterocycles. The molecule has 1 N–H and O–H groups in total. The molecule has 36 heavy (non-hydrogen) atoms. The lowest BCUT2D eigenvalue weighted by molar-refractivity contribution is -0.870. The van der Waals surface area contributed by atoms with Crippen LogP contribution in [0.3, 0.4) is 0 Å². The molecule has 0 aliphatic carbocycles. The number of likely N-dealkylation sites (N-methyl/N-ethyl adjacent to an activating group) is 2. The molecule has 0 aliphatic rings. The van der Waals surface area contributed by atoms with Crippen LogP contribution in [0.1, 0.15) is 110 Å². The standard InChI is InChI=1S/C28H61N2O5P/c1-7-8-9-10-11-12-13-14-15-16-17-18-19-20-21-22-23-29(2)28(26-33-6)27-35-36(31,32)34-25-24-30(3,4)5/h28H,7-27H2,1-6H3/p+1/t28-/m1/s1. The molecule has 0 saturated heterocycles. The summed E-state index contributed by atoms with van der Waals surface area (Å²) in [7, 11) is 5.64. The molecule has 0 aromatic heterocycles. The smallest absolute Gasteiger partial charge is 0.383 e. The first-order chi connectivity index (χ1) is 17.1. The van der Waals surface area contributed by atoms with Crippen molar-refractivity contribution in [2.75, 3.05) is 68.2 Å². The van der Waals surface area contributed by atoms with Crippen molar-refractivity contribution in [2.45, 2.75) is 116 Å². The highest BCUT2D eigenvalue weighted by Gasteiger charge is 2.26. The van der Waals surface area contributed by atoms with Gasteiger partial charge in [0.05, 0.1) is 40.4 Å². The minimum atomic E-state index is -4.05. The minimum Gasteiger partial charge on any atom is -0.383 e. The summed E-state index contributed by atoms with van der Waals surface area (Å²) in [6.07, 6.45) is 21.8. The Bertz CT molecular complexity index is 531. The van der Waals surface area contributed by atoms with E-state index in [1.165, 1.54) is 96.3 Å². The molecular formula is C28H62N2O5P+. The lowest BCUT2D eigenvalue weighted by Crippen LogP contribution is -2.39. The van der Waals surface area contributed by atoms with E-state index in [0.29, 0.717) is 17.6 Å². The highest BCUT2D eigenvalue weighted by molar-refractivity contribution is 7.47. The molecule has 0 spiro atoms. The van der Waals surface area contributed by atoms with Crippen molar-refractivity contribution in [3.8, 4) is 0 Å². The molecule has 0 bridgehead atoms. The molecule has 1 unspecified atom stereocenters. The summed E-state index contributed by atoms with van der Waals surface area (Å²) >= 11 is 0. The third-order valence-electron chi connectivity index (χ3n) is 6.79. The molecule has 2 atom stereocenters. The number of unbranched alkanes of at least 4 members (excludes halogenated alkanes) is 15. The van der Waals surface area contributed by atoms with Crippen molar-refractivity contribution in [3.63, 3.8) is 0 Å². The topological polar surface area (TPSA) is 68.2 Å². The van der Waals surface area contributed by atoms with E-state index in [2.05, 4.69) is 11.8 Å². The number of methoxy groups -OCH3 is 1. The average Bonchev–Trinajstić information content (AvgIpc) is 2.80. The van der Waals surface area contributed by atoms with E-state index in [-0.39, 0.29) is 19.3 Å². The van der Waals surface area contributed by atoms with Crippen molar-refractivity contribution in [3.05, 3.63) is 0 Å². The van der Waals surface area contributed by atoms with Crippen LogP contribution in [0, 0.1) is 0 Å². The Balaban J connectivity index is 3.78. The zero-order chi connectivity index (χ0) is 27.1. The summed E-state index contributed by atoms with van der Waals surface area (Å²) in [6.45, 7) is 4.58. The first-order valence-electron chi connectivity index (χ1n) is 14.7. The zero-order valence-corrected chi connectivity index (χ0v) is 25.7. The first kappa shape index (κ1) is 36.0. The number of phosphoric ester groups is 1. The predicted molar refractivity (Wildman–Crippen MR) is 152 cm³/mol. The second-order valence-corrected chi connectivity index (χ2v) is 13.0. The first-order valence-corrected chi connectivity index (χ1v) is 16.2. The molecule has 0 aromatic rings. The number of quaternary nitrogens is 1. The summed E-state index contributed by atoms with van der Waals surface area (Å²) in [5.41, 5.74) is 0. The molecule has 0 fully saturated rings. The fourth-order valence-corrected chi connectivity index (χ4v) is 4.98. The Labute approximate surface area is 224 Å². The summed E-state index contributed by atoms with van der Waals surface area (Å²) in [4.78, 5) is 12.1. The highest BCUT2D eigenvalue weighted by atomic mass is 31.2. The van der Waals surface area contributed by atoms with Gasteiger partial charge in [-0.05, 0) is 20.0 Å². The van der Waals surface area contributed by atoms with Crippen LogP contribution in [-0.2, 0) is 18.3 Å². The molecule has 0 amide bonds. The van der Waals surface area contributed by atoms with Gasteiger partial charge in [-0.15, -0.1) is 0 Å². The lowest BCUT2D eigenvalue weighted by atomic mass is 10.0. The quantitative estimate of drug-likeness (QED) is 0.0689. The maximum Gasteiger partial charge on any atom is 0.472 e. The van der Waals surface area contributed by atoms with Gasteiger partial charge in [0.1, 0.15) is 13.2 Å². The van der Waals surface area contributed by atoms with Gasteiger partial charge in [-0.2, -0.15) is 0 Å². The Morgan fingerprint density at radius 2 is 1.19 bits per heavy atom. The van der Waals surface area contributed by atoms with Gasteiger partial charge in [-0.1, -0.05) is 103 Å². The van der Waals surface area contributed by atoms with Crippen molar-refractivity contribution in [1.82, 2.24) is 4.90 Å². The second-order valence-electron chi connectivity index (χ2n) is 11.5. The second kappa shape index (κ2) is 22.9. The fourth-order valence-electron chi connectivity index (χ4n) is 4.23. The predicted octanol–water partition coefficient (Wildman–Crippen LogP) is 7.03. The molecule has 0 aromatic carbocycles. The molecule has 0 radical (unpaired) electrons. The van der Waals surface area contributed by atoms with Crippen LogP contribution >= 0.6 is 7.82 Å². The van der Waals surface area contributed by atoms with Crippen molar-refractivity contribution in [2.24, 2.45) is 0 Å². The van der Waals surface area contributed by atoms with Gasteiger partial charge in [0, 0.05) is 7.11 Å². The molecule has 7 nitrogen and oxygen atoms in total. The number of rotatable bonds is 27. The number of hydrogen-bond acceptors (Lipinski definition) is 5. The summed E-state index contributed by atoms with van der Waals surface area (Å²) in [6, 6.07) is -0.0752. The van der Waals surface area contributed by atoms with Gasteiger partial charge in [0.2, 0.25) is 0 Å². The lowest BCUT2D eigenvalue weighted by Gasteiger charge is -2.28. The summed E-state index contributed by atoms with van der Waals surface area (Å²) in [5.74, 6) is 0. The highest BCUT2D eigenvalue weighted by Crippen LogP contribution is 2.43. The van der Waals surface area contributed by atoms with Crippen LogP contribution in [-0.4, -0.2) is 88.5 Å². The minimum absolute atomic E-state index is 0.0752. The van der Waals surface area contributed by atoms with E-state index in [4.69, 9.17) is 13.8 Å². The largest absolute Gasteiger partial charge is 0.472 e. The number of nitrogens with zero attached hydrogens (tertiary/aromatic N) is 2. The van der Waals surface area contributed by atoms with Crippen molar-refractivity contribution in [1.29, 1.82) is 0 Å². The molecule has 8 heteroatoms. The van der Waals surface area contributed by atoms with Crippen LogP contribution < -0.4 is 0 Å². The molecule has 0 rings (SSSR count). The van der Waals surface area contributed by atoms with Gasteiger partial charge in [0.25, 0.3) is 0 Å². The van der Waals surface area contributed by atoms with E-state index >= 15 is 0 Å². The Morgan fingerprint density at radius 3 is 1.61 bits per heavy atom. The zero-order valence-electron chi connectivity index (χ0n) is 24.8. The van der Waals surface area contributed by atoms with Crippen LogP contribution in [0.15, 0.2) is 0 Å². The van der Waals surface area contributed by atoms with Gasteiger partial charge in [-0.3, -0.25) is 13.9 Å². The molecule has 0 saturated carbocycles. The van der Waals surface area contributed by atoms with E-state index in [9.17, 15) is 9.46 Å². The summed E-state index contributed by atoms with van der Waals surface area (Å²) < 4.78 is 28.6. The van der Waals surface area contributed by atoms with E-state index in [1.807, 2.05) is 28.2 Å². The monoisotopic (exact) mass is 537 g/mol. The SMILES string of the molecule is CCCCCCCCCCCCCCCCCCN(C)[C@H](COC)COP(=O)(O)OCC[N+](C)(C)C. The van der Waals surface area contributed by atoms with Crippen molar-refractivity contribution >= 4 is 7.82 Å². The Morgan fingerprint density at radius 1 is 0.750 bits per heavy atom. The fraction of sp³-hybridized carbons (Fsp3) is 1.00. The van der Waals surface area contributed by atoms with Crippen LogP contribution in [0.2, 0.25) is 0 Å². The average molecular weight is 538 g/mol. The van der Waals surface area contributed by atoms with Crippen LogP contribution in [0.4, 0.5) is 0 Å².